The van der Waals surface area contributed by atoms with Crippen molar-refractivity contribution in [2.45, 2.75) is 19.4 Å². The molecule has 11 heavy (non-hydrogen) atoms. The molecule has 1 rings (SSSR count). The molecule has 0 aliphatic carbocycles. The molecule has 0 amide bonds. The van der Waals surface area contributed by atoms with Gasteiger partial charge in [-0.25, -0.2) is 4.39 Å². The lowest BCUT2D eigenvalue weighted by atomic mass is 10.2. The molecule has 0 spiro atoms. The zero-order valence-electron chi connectivity index (χ0n) is 6.89. The fraction of sp³-hybridized carbons (Fsp3) is 0.750. The summed E-state index contributed by atoms with van der Waals surface area (Å²) >= 11 is 0. The Kier molecular flexibility index (Phi) is 3.02. The van der Waals surface area contributed by atoms with Gasteiger partial charge in [0.2, 0.25) is 0 Å². The topological polar surface area (TPSA) is 29.3 Å². The van der Waals surface area contributed by atoms with E-state index in [-0.39, 0.29) is 11.9 Å². The maximum absolute atomic E-state index is 12.7. The molecule has 1 aliphatic rings. The Morgan fingerprint density at radius 1 is 1.82 bits per heavy atom. The van der Waals surface area contributed by atoms with Gasteiger partial charge in [-0.1, -0.05) is 6.08 Å². The zero-order valence-corrected chi connectivity index (χ0v) is 6.89. The predicted octanol–water partition coefficient (Wildman–Crippen LogP) is 0.893. The lowest BCUT2D eigenvalue weighted by Crippen LogP contribution is -2.38. The number of nitrogens with zero attached hydrogens (tertiary/aromatic N) is 1. The Bertz CT molecular complexity index is 154. The predicted molar refractivity (Wildman–Crippen MR) is 43.9 cm³/mol. The molecule has 1 atom stereocenters. The molecule has 0 aromatic rings. The van der Waals surface area contributed by atoms with Crippen molar-refractivity contribution >= 4 is 0 Å². The van der Waals surface area contributed by atoms with Crippen LogP contribution in [-0.2, 0) is 0 Å². The first kappa shape index (κ1) is 8.68. The third-order valence-corrected chi connectivity index (χ3v) is 1.73. The summed E-state index contributed by atoms with van der Waals surface area (Å²) < 4.78 is 12.7. The minimum atomic E-state index is -0.0168. The molecule has 0 saturated heterocycles. The Morgan fingerprint density at radius 3 is 3.09 bits per heavy atom. The van der Waals surface area contributed by atoms with E-state index in [1.165, 1.54) is 0 Å². The summed E-state index contributed by atoms with van der Waals surface area (Å²) in [6.45, 7) is 4.12. The van der Waals surface area contributed by atoms with Gasteiger partial charge in [0.25, 0.3) is 0 Å². The first-order valence-corrected chi connectivity index (χ1v) is 4.01. The summed E-state index contributed by atoms with van der Waals surface area (Å²) in [6.07, 6.45) is 2.47. The summed E-state index contributed by atoms with van der Waals surface area (Å²) in [5, 5.41) is 0. The van der Waals surface area contributed by atoms with E-state index in [0.717, 1.165) is 19.5 Å². The monoisotopic (exact) mass is 158 g/mol. The van der Waals surface area contributed by atoms with Gasteiger partial charge in [-0.3, -0.25) is 4.90 Å². The molecule has 3 heteroatoms. The number of nitrogens with two attached hydrogens (primary N) is 1. The van der Waals surface area contributed by atoms with Crippen LogP contribution in [0.15, 0.2) is 11.9 Å². The van der Waals surface area contributed by atoms with Crippen LogP contribution in [0, 0.1) is 0 Å². The van der Waals surface area contributed by atoms with Crippen LogP contribution in [0.5, 0.6) is 0 Å². The van der Waals surface area contributed by atoms with Crippen LogP contribution >= 0.6 is 0 Å². The highest BCUT2D eigenvalue weighted by molar-refractivity contribution is 4.99. The first-order valence-electron chi connectivity index (χ1n) is 4.01. The Morgan fingerprint density at radius 2 is 2.55 bits per heavy atom. The minimum absolute atomic E-state index is 0.0168. The Hall–Kier alpha value is -0.410. The standard InChI is InChI=1S/C8H15FN2/c1-7(10)5-11-4-2-3-8(9)6-11/h3,7H,2,4-6,10H2,1H3/t7-/m1/s1. The van der Waals surface area contributed by atoms with Gasteiger partial charge in [-0.05, 0) is 13.3 Å². The lowest BCUT2D eigenvalue weighted by molar-refractivity contribution is 0.256. The number of halogens is 1. The minimum Gasteiger partial charge on any atom is -0.327 e. The quantitative estimate of drug-likeness (QED) is 0.646. The van der Waals surface area contributed by atoms with E-state index in [1.807, 2.05) is 11.8 Å². The van der Waals surface area contributed by atoms with Crippen LogP contribution in [0.4, 0.5) is 4.39 Å². The molecule has 1 heterocycles. The molecular formula is C8H15FN2. The highest BCUT2D eigenvalue weighted by Crippen LogP contribution is 2.09. The molecule has 0 unspecified atom stereocenters. The molecule has 2 N–H and O–H groups in total. The number of rotatable bonds is 2. The van der Waals surface area contributed by atoms with Gasteiger partial charge in [-0.2, -0.15) is 0 Å². The molecule has 0 aromatic heterocycles. The average Bonchev–Trinajstić information content (AvgIpc) is 1.85. The summed E-state index contributed by atoms with van der Waals surface area (Å²) in [6, 6.07) is 0.140. The molecule has 0 aromatic carbocycles. The van der Waals surface area contributed by atoms with Crippen molar-refractivity contribution in [1.29, 1.82) is 0 Å². The third-order valence-electron chi connectivity index (χ3n) is 1.73. The fourth-order valence-electron chi connectivity index (χ4n) is 1.32. The van der Waals surface area contributed by atoms with E-state index in [2.05, 4.69) is 0 Å². The van der Waals surface area contributed by atoms with Gasteiger partial charge < -0.3 is 5.73 Å². The van der Waals surface area contributed by atoms with Gasteiger partial charge in [0, 0.05) is 25.7 Å². The molecule has 2 nitrogen and oxygen atoms in total. The molecule has 0 bridgehead atoms. The van der Waals surface area contributed by atoms with Crippen LogP contribution in [-0.4, -0.2) is 30.6 Å². The Balaban J connectivity index is 2.32. The lowest BCUT2D eigenvalue weighted by Gasteiger charge is -2.25. The van der Waals surface area contributed by atoms with Crippen LogP contribution in [0.1, 0.15) is 13.3 Å². The van der Waals surface area contributed by atoms with E-state index in [4.69, 9.17) is 5.73 Å². The van der Waals surface area contributed by atoms with Crippen molar-refractivity contribution in [2.75, 3.05) is 19.6 Å². The van der Waals surface area contributed by atoms with Gasteiger partial charge in [0.05, 0.1) is 0 Å². The van der Waals surface area contributed by atoms with Crippen LogP contribution in [0.25, 0.3) is 0 Å². The third kappa shape index (κ3) is 2.99. The van der Waals surface area contributed by atoms with Crippen molar-refractivity contribution in [3.8, 4) is 0 Å². The van der Waals surface area contributed by atoms with Crippen molar-refractivity contribution in [2.24, 2.45) is 5.73 Å². The smallest absolute Gasteiger partial charge is 0.110 e. The summed E-state index contributed by atoms with van der Waals surface area (Å²) in [5.41, 5.74) is 5.59. The van der Waals surface area contributed by atoms with Crippen molar-refractivity contribution < 1.29 is 4.39 Å². The van der Waals surface area contributed by atoms with E-state index < -0.39 is 0 Å². The van der Waals surface area contributed by atoms with Gasteiger partial charge in [-0.15, -0.1) is 0 Å². The van der Waals surface area contributed by atoms with E-state index >= 15 is 0 Å². The summed E-state index contributed by atoms with van der Waals surface area (Å²) in [7, 11) is 0. The molecular weight excluding hydrogens is 143 g/mol. The Labute approximate surface area is 66.9 Å². The fourth-order valence-corrected chi connectivity index (χ4v) is 1.32. The highest BCUT2D eigenvalue weighted by atomic mass is 19.1. The number of hydrogen-bond donors (Lipinski definition) is 1. The van der Waals surface area contributed by atoms with Crippen molar-refractivity contribution in [1.82, 2.24) is 4.90 Å². The van der Waals surface area contributed by atoms with Gasteiger partial charge in [0.15, 0.2) is 0 Å². The number of hydrogen-bond acceptors (Lipinski definition) is 2. The van der Waals surface area contributed by atoms with Crippen molar-refractivity contribution in [3.05, 3.63) is 11.9 Å². The second-order valence-electron chi connectivity index (χ2n) is 3.15. The maximum atomic E-state index is 12.7. The van der Waals surface area contributed by atoms with Crippen LogP contribution in [0.2, 0.25) is 0 Å². The van der Waals surface area contributed by atoms with E-state index in [0.29, 0.717) is 6.54 Å². The summed E-state index contributed by atoms with van der Waals surface area (Å²) in [4.78, 5) is 2.04. The average molecular weight is 158 g/mol. The molecule has 1 aliphatic heterocycles. The SMILES string of the molecule is C[C@@H](N)CN1CCC=C(F)C1. The summed E-state index contributed by atoms with van der Waals surface area (Å²) in [5.74, 6) is -0.0168. The van der Waals surface area contributed by atoms with Crippen molar-refractivity contribution in [3.63, 3.8) is 0 Å². The second kappa shape index (κ2) is 3.83. The van der Waals surface area contributed by atoms with E-state index in [9.17, 15) is 4.39 Å². The van der Waals surface area contributed by atoms with Gasteiger partial charge in [0.1, 0.15) is 5.83 Å². The molecule has 0 radical (unpaired) electrons. The highest BCUT2D eigenvalue weighted by Gasteiger charge is 2.12. The van der Waals surface area contributed by atoms with Gasteiger partial charge >= 0.3 is 0 Å². The molecule has 0 fully saturated rings. The van der Waals surface area contributed by atoms with E-state index in [1.54, 1.807) is 6.08 Å². The molecule has 0 saturated carbocycles. The zero-order chi connectivity index (χ0) is 8.27. The van der Waals surface area contributed by atoms with Crippen LogP contribution in [0.3, 0.4) is 0 Å². The normalized spacial score (nSPS) is 23.0. The first-order chi connectivity index (χ1) is 5.18. The van der Waals surface area contributed by atoms with Crippen LogP contribution < -0.4 is 5.73 Å². The second-order valence-corrected chi connectivity index (χ2v) is 3.15. The molecule has 64 valence electrons. The maximum Gasteiger partial charge on any atom is 0.110 e. The largest absolute Gasteiger partial charge is 0.327 e.